The number of ketones is 1. The number of nitrogens with two attached hydrogens (primary N) is 1. The Kier molecular flexibility index (Phi) is 9.69. The number of carbonyl (C=O) groups excluding carboxylic acids is 3. The number of rotatable bonds is 10. The van der Waals surface area contributed by atoms with E-state index >= 15 is 0 Å². The second kappa shape index (κ2) is 11.5. The molecule has 0 radical (unpaired) electrons. The molecule has 12 nitrogen and oxygen atoms in total. The third-order valence-corrected chi connectivity index (χ3v) is 5.01. The Morgan fingerprint density at radius 1 is 1.06 bits per heavy atom. The van der Waals surface area contributed by atoms with E-state index in [0.717, 1.165) is 0 Å². The van der Waals surface area contributed by atoms with Crippen molar-refractivity contribution in [3.05, 3.63) is 0 Å². The zero-order valence-electron chi connectivity index (χ0n) is 18.5. The van der Waals surface area contributed by atoms with E-state index < -0.39 is 59.9 Å². The lowest BCUT2D eigenvalue weighted by Gasteiger charge is -2.33. The number of nitrogens with one attached hydrogen (secondary N) is 4. The van der Waals surface area contributed by atoms with E-state index in [4.69, 9.17) is 5.73 Å². The average molecular weight is 443 g/mol. The van der Waals surface area contributed by atoms with E-state index in [0.29, 0.717) is 13.0 Å². The molecule has 1 heterocycles. The third kappa shape index (κ3) is 7.70. The highest BCUT2D eigenvalue weighted by Crippen LogP contribution is 2.10. The van der Waals surface area contributed by atoms with Gasteiger partial charge in [-0.15, -0.1) is 0 Å². The minimum atomic E-state index is -1.21. The molecule has 0 spiro atoms. The summed E-state index contributed by atoms with van der Waals surface area (Å²) in [5, 5.41) is 29.7. The van der Waals surface area contributed by atoms with Crippen LogP contribution in [0, 0.1) is 11.8 Å². The summed E-state index contributed by atoms with van der Waals surface area (Å²) in [7, 11) is 0. The molecule has 0 bridgehead atoms. The minimum Gasteiger partial charge on any atom is -0.480 e. The molecular weight excluding hydrogens is 408 g/mol. The van der Waals surface area contributed by atoms with Gasteiger partial charge in [0.15, 0.2) is 11.7 Å². The third-order valence-electron chi connectivity index (χ3n) is 5.01. The van der Waals surface area contributed by atoms with E-state index in [1.165, 1.54) is 6.92 Å². The van der Waals surface area contributed by atoms with Crippen molar-refractivity contribution in [3.63, 3.8) is 0 Å². The molecule has 0 aromatic heterocycles. The number of aliphatic hydroxyl groups is 1. The number of aliphatic hydroxyl groups excluding tert-OH is 1. The number of hydrogen-bond acceptors (Lipinski definition) is 8. The molecule has 8 N–H and O–H groups in total. The summed E-state index contributed by atoms with van der Waals surface area (Å²) in [5.41, 5.74) is 5.70. The van der Waals surface area contributed by atoms with Gasteiger partial charge in [-0.05, 0) is 25.2 Å². The number of carboxylic acids is 1. The van der Waals surface area contributed by atoms with E-state index in [1.807, 2.05) is 0 Å². The van der Waals surface area contributed by atoms with Crippen LogP contribution in [-0.2, 0) is 14.4 Å². The standard InChI is InChI=1S/C19H34N6O6/c1-8(2)12(17(29)30)24-19(31)25-14(11-6-7-21-18(20)22-11)16(28)23-13(10(5)26)15(27)9(3)4/h8-9,11-15,27H,6-7H2,1-5H3,(H,23,28)(H,29,30)(H3,20,21,22)(H2,24,25,31). The van der Waals surface area contributed by atoms with Crippen LogP contribution in [-0.4, -0.2) is 76.7 Å². The summed E-state index contributed by atoms with van der Waals surface area (Å²) in [6, 6.07) is -5.07. The average Bonchev–Trinajstić information content (AvgIpc) is 2.66. The smallest absolute Gasteiger partial charge is 0.326 e. The number of guanidine groups is 1. The quantitative estimate of drug-likeness (QED) is 0.213. The van der Waals surface area contributed by atoms with Crippen LogP contribution in [0.25, 0.3) is 0 Å². The zero-order valence-corrected chi connectivity index (χ0v) is 18.5. The number of urea groups is 1. The Balaban J connectivity index is 3.06. The number of hydrogen-bond donors (Lipinski definition) is 7. The lowest BCUT2D eigenvalue weighted by Crippen LogP contribution is -2.65. The summed E-state index contributed by atoms with van der Waals surface area (Å²) in [4.78, 5) is 52.9. The lowest BCUT2D eigenvalue weighted by molar-refractivity contribution is -0.140. The molecule has 176 valence electrons. The van der Waals surface area contributed by atoms with Gasteiger partial charge in [0.1, 0.15) is 18.1 Å². The van der Waals surface area contributed by atoms with Crippen LogP contribution in [0.15, 0.2) is 4.99 Å². The second-order valence-electron chi connectivity index (χ2n) is 8.29. The van der Waals surface area contributed by atoms with Crippen LogP contribution in [0.4, 0.5) is 4.79 Å². The van der Waals surface area contributed by atoms with Crippen LogP contribution in [0.5, 0.6) is 0 Å². The molecule has 5 unspecified atom stereocenters. The van der Waals surface area contributed by atoms with E-state index in [2.05, 4.69) is 26.3 Å². The van der Waals surface area contributed by atoms with Gasteiger partial charge in [-0.25, -0.2) is 9.59 Å². The Labute approximate surface area is 181 Å². The van der Waals surface area contributed by atoms with Crippen molar-refractivity contribution in [2.45, 2.75) is 71.3 Å². The van der Waals surface area contributed by atoms with Crippen molar-refractivity contribution in [2.24, 2.45) is 22.6 Å². The number of Topliss-reactive ketones (excluding diaryl/α,β-unsaturated/α-hetero) is 1. The molecule has 0 aliphatic carbocycles. The van der Waals surface area contributed by atoms with E-state index in [-0.39, 0.29) is 11.9 Å². The van der Waals surface area contributed by atoms with Gasteiger partial charge >= 0.3 is 12.0 Å². The molecule has 1 rings (SSSR count). The maximum Gasteiger partial charge on any atom is 0.326 e. The van der Waals surface area contributed by atoms with Crippen molar-refractivity contribution in [2.75, 3.05) is 6.54 Å². The van der Waals surface area contributed by atoms with Gasteiger partial charge in [-0.1, -0.05) is 27.7 Å². The summed E-state index contributed by atoms with van der Waals surface area (Å²) < 4.78 is 0. The first-order chi connectivity index (χ1) is 14.3. The molecule has 5 atom stereocenters. The van der Waals surface area contributed by atoms with Crippen LogP contribution in [0.2, 0.25) is 0 Å². The second-order valence-corrected chi connectivity index (χ2v) is 8.29. The van der Waals surface area contributed by atoms with E-state index in [9.17, 15) is 29.4 Å². The van der Waals surface area contributed by atoms with Crippen molar-refractivity contribution in [3.8, 4) is 0 Å². The molecule has 31 heavy (non-hydrogen) atoms. The van der Waals surface area contributed by atoms with Crippen LogP contribution in [0.1, 0.15) is 41.0 Å². The largest absolute Gasteiger partial charge is 0.480 e. The number of nitrogens with zero attached hydrogens (tertiary/aromatic N) is 1. The van der Waals surface area contributed by atoms with Gasteiger partial charge in [-0.3, -0.25) is 14.6 Å². The van der Waals surface area contributed by atoms with Crippen LogP contribution < -0.4 is 27.0 Å². The minimum absolute atomic E-state index is 0.0900. The van der Waals surface area contributed by atoms with Crippen molar-refractivity contribution in [1.82, 2.24) is 21.3 Å². The monoisotopic (exact) mass is 442 g/mol. The van der Waals surface area contributed by atoms with Crippen LogP contribution >= 0.6 is 0 Å². The summed E-state index contributed by atoms with van der Waals surface area (Å²) in [6.45, 7) is 8.23. The molecule has 1 aliphatic rings. The molecular formula is C19H34N6O6. The number of aliphatic imine (C=N–C) groups is 1. The van der Waals surface area contributed by atoms with Crippen molar-refractivity contribution >= 4 is 29.7 Å². The summed E-state index contributed by atoms with van der Waals surface area (Å²) in [6.07, 6.45) is -0.775. The molecule has 12 heteroatoms. The van der Waals surface area contributed by atoms with Crippen LogP contribution in [0.3, 0.4) is 0 Å². The predicted molar refractivity (Wildman–Crippen MR) is 113 cm³/mol. The molecule has 0 saturated heterocycles. The fourth-order valence-corrected chi connectivity index (χ4v) is 3.12. The highest BCUT2D eigenvalue weighted by Gasteiger charge is 2.36. The number of aliphatic carboxylic acids is 1. The lowest BCUT2D eigenvalue weighted by atomic mass is 9.95. The maximum atomic E-state index is 13.0. The Morgan fingerprint density at radius 2 is 1.68 bits per heavy atom. The molecule has 0 saturated carbocycles. The zero-order chi connectivity index (χ0) is 23.9. The van der Waals surface area contributed by atoms with Gasteiger partial charge in [0.2, 0.25) is 5.91 Å². The normalized spacial score (nSPS) is 20.0. The number of carboxylic acid groups (broad SMARTS) is 1. The van der Waals surface area contributed by atoms with Gasteiger partial charge in [0, 0.05) is 6.54 Å². The molecule has 0 fully saturated rings. The first-order valence-corrected chi connectivity index (χ1v) is 10.2. The number of carbonyl (C=O) groups is 4. The Hall–Kier alpha value is -2.89. The van der Waals surface area contributed by atoms with Gasteiger partial charge in [-0.2, -0.15) is 0 Å². The molecule has 0 aromatic rings. The van der Waals surface area contributed by atoms with Gasteiger partial charge in [0.05, 0.1) is 12.1 Å². The maximum absolute atomic E-state index is 13.0. The van der Waals surface area contributed by atoms with Crippen molar-refractivity contribution in [1.29, 1.82) is 0 Å². The van der Waals surface area contributed by atoms with Gasteiger partial charge in [0.25, 0.3) is 0 Å². The highest BCUT2D eigenvalue weighted by atomic mass is 16.4. The SMILES string of the molecule is CC(=O)C(NC(=O)C(NC(=O)NC(C(=O)O)C(C)C)C1CCN=C(N)N1)C(O)C(C)C. The molecule has 3 amide bonds. The Bertz CT molecular complexity index is 710. The highest BCUT2D eigenvalue weighted by molar-refractivity contribution is 5.93. The first-order valence-electron chi connectivity index (χ1n) is 10.2. The summed E-state index contributed by atoms with van der Waals surface area (Å²) >= 11 is 0. The fraction of sp³-hybridized carbons (Fsp3) is 0.737. The predicted octanol–water partition coefficient (Wildman–Crippen LogP) is -1.47. The Morgan fingerprint density at radius 3 is 2.13 bits per heavy atom. The topological polar surface area (TPSA) is 195 Å². The first kappa shape index (κ1) is 26.1. The molecule has 1 aliphatic heterocycles. The summed E-state index contributed by atoms with van der Waals surface area (Å²) in [5.74, 6) is -2.99. The number of amides is 3. The molecule has 0 aromatic carbocycles. The fourth-order valence-electron chi connectivity index (χ4n) is 3.12. The van der Waals surface area contributed by atoms with Gasteiger partial charge < -0.3 is 37.2 Å². The van der Waals surface area contributed by atoms with E-state index in [1.54, 1.807) is 27.7 Å². The van der Waals surface area contributed by atoms with Crippen molar-refractivity contribution < 1.29 is 29.4 Å².